The van der Waals surface area contributed by atoms with Crippen LogP contribution in [0, 0.1) is 17.3 Å². The molecule has 30 heavy (non-hydrogen) atoms. The van der Waals surface area contributed by atoms with E-state index in [-0.39, 0.29) is 55.5 Å². The Labute approximate surface area is 179 Å². The topological polar surface area (TPSA) is 112 Å². The number of carbonyl (C=O) groups excluding carboxylic acids is 2. The number of rotatable bonds is 15. The maximum Gasteiger partial charge on any atom is 0.315 e. The summed E-state index contributed by atoms with van der Waals surface area (Å²) in [7, 11) is 0. The van der Waals surface area contributed by atoms with E-state index in [0.717, 1.165) is 19.3 Å². The van der Waals surface area contributed by atoms with E-state index >= 15 is 0 Å². The van der Waals surface area contributed by atoms with Crippen LogP contribution in [0.4, 0.5) is 0 Å². The summed E-state index contributed by atoms with van der Waals surface area (Å²) in [5.41, 5.74) is -1.54. The van der Waals surface area contributed by atoms with Gasteiger partial charge in [0.05, 0.1) is 0 Å². The summed E-state index contributed by atoms with van der Waals surface area (Å²) in [5, 5.41) is 28.4. The molecule has 6 heteroatoms. The molecule has 0 saturated heterocycles. The molecule has 2 aliphatic carbocycles. The number of carboxylic acid groups (broad SMARTS) is 1. The van der Waals surface area contributed by atoms with Crippen LogP contribution in [0.1, 0.15) is 96.8 Å². The van der Waals surface area contributed by atoms with E-state index in [4.69, 9.17) is 0 Å². The highest BCUT2D eigenvalue weighted by Gasteiger charge is 2.71. The number of unbranched alkanes of at least 4 members (excludes halogenated alkanes) is 6. The number of Topliss-reactive ketones (excluding diaryl/α,β-unsaturated/α-hetero) is 2. The molecule has 0 bridgehead atoms. The van der Waals surface area contributed by atoms with Gasteiger partial charge in [-0.2, -0.15) is 0 Å². The molecule has 0 aromatic rings. The van der Waals surface area contributed by atoms with Crippen molar-refractivity contribution in [1.29, 1.82) is 0 Å². The average Bonchev–Trinajstić information content (AvgIpc) is 3.10. The fraction of sp³-hybridized carbons (Fsp3) is 0.792. The predicted octanol–water partition coefficient (Wildman–Crippen LogP) is 4.17. The molecule has 0 aromatic carbocycles. The highest BCUT2D eigenvalue weighted by atomic mass is 16.5. The van der Waals surface area contributed by atoms with Gasteiger partial charge < -0.3 is 15.3 Å². The molecular formula is C24H38O6. The molecule has 0 aliphatic heterocycles. The number of carboxylic acids is 1. The van der Waals surface area contributed by atoms with Crippen LogP contribution in [-0.4, -0.2) is 38.6 Å². The van der Waals surface area contributed by atoms with E-state index < -0.39 is 17.2 Å². The molecule has 0 radical (unpaired) electrons. The third kappa shape index (κ3) is 6.48. The van der Waals surface area contributed by atoms with Crippen molar-refractivity contribution in [1.82, 2.24) is 0 Å². The zero-order valence-corrected chi connectivity index (χ0v) is 18.3. The number of aliphatic hydroxyl groups is 2. The Bertz CT molecular complexity index is 638. The summed E-state index contributed by atoms with van der Waals surface area (Å²) in [5.74, 6) is -3.45. The van der Waals surface area contributed by atoms with Gasteiger partial charge in [-0.15, -0.1) is 0 Å². The van der Waals surface area contributed by atoms with Crippen LogP contribution in [0.2, 0.25) is 0 Å². The molecule has 0 amide bonds. The third-order valence-electron chi connectivity index (χ3n) is 6.87. The monoisotopic (exact) mass is 422 g/mol. The van der Waals surface area contributed by atoms with Crippen molar-refractivity contribution >= 4 is 17.5 Å². The normalized spacial score (nSPS) is 27.6. The van der Waals surface area contributed by atoms with Crippen LogP contribution in [-0.2, 0) is 14.4 Å². The molecule has 3 N–H and O–H groups in total. The van der Waals surface area contributed by atoms with Gasteiger partial charge in [0.2, 0.25) is 0 Å². The fourth-order valence-electron chi connectivity index (χ4n) is 4.70. The Morgan fingerprint density at radius 2 is 1.77 bits per heavy atom. The molecule has 2 fully saturated rings. The minimum Gasteiger partial charge on any atom is -0.481 e. The molecule has 3 atom stereocenters. The van der Waals surface area contributed by atoms with Crippen LogP contribution >= 0.6 is 0 Å². The number of allylic oxidation sites excluding steroid dienone is 2. The van der Waals surface area contributed by atoms with Crippen molar-refractivity contribution in [2.75, 3.05) is 0 Å². The SMILES string of the molecule is CCCCCCCC/C=C/[C@H]1CCC(=O)[C@@H]1CC(=O)CCCC1(C(=O)O)CC1(O)O. The summed E-state index contributed by atoms with van der Waals surface area (Å²) in [4.78, 5) is 35.9. The largest absolute Gasteiger partial charge is 0.481 e. The fourth-order valence-corrected chi connectivity index (χ4v) is 4.70. The molecule has 2 rings (SSSR count). The van der Waals surface area contributed by atoms with Gasteiger partial charge in [0.1, 0.15) is 17.0 Å². The van der Waals surface area contributed by atoms with Crippen LogP contribution in [0.15, 0.2) is 12.2 Å². The minimum absolute atomic E-state index is 0.0488. The summed E-state index contributed by atoms with van der Waals surface area (Å²) >= 11 is 0. The highest BCUT2D eigenvalue weighted by molar-refractivity contribution is 5.89. The Morgan fingerprint density at radius 1 is 1.10 bits per heavy atom. The van der Waals surface area contributed by atoms with Crippen molar-refractivity contribution in [3.05, 3.63) is 12.2 Å². The first-order chi connectivity index (χ1) is 14.2. The molecule has 0 spiro atoms. The minimum atomic E-state index is -2.17. The number of hydrogen-bond donors (Lipinski definition) is 3. The van der Waals surface area contributed by atoms with Gasteiger partial charge in [-0.05, 0) is 38.0 Å². The molecule has 0 aromatic heterocycles. The van der Waals surface area contributed by atoms with Gasteiger partial charge in [0.15, 0.2) is 5.79 Å². The zero-order chi connectivity index (χ0) is 22.2. The van der Waals surface area contributed by atoms with E-state index in [0.29, 0.717) is 6.42 Å². The Kier molecular flexibility index (Phi) is 9.23. The third-order valence-corrected chi connectivity index (χ3v) is 6.87. The van der Waals surface area contributed by atoms with Crippen molar-refractivity contribution < 1.29 is 29.7 Å². The average molecular weight is 423 g/mol. The number of carbonyl (C=O) groups is 3. The van der Waals surface area contributed by atoms with Crippen LogP contribution in [0.25, 0.3) is 0 Å². The van der Waals surface area contributed by atoms with Gasteiger partial charge in [0, 0.05) is 31.6 Å². The lowest BCUT2D eigenvalue weighted by Crippen LogP contribution is -2.28. The number of aliphatic carboxylic acids is 1. The van der Waals surface area contributed by atoms with Crippen molar-refractivity contribution in [2.24, 2.45) is 17.3 Å². The van der Waals surface area contributed by atoms with Crippen molar-refractivity contribution in [3.8, 4) is 0 Å². The molecule has 2 saturated carbocycles. The molecule has 0 heterocycles. The summed E-state index contributed by atoms with van der Waals surface area (Å²) < 4.78 is 0. The maximum absolute atomic E-state index is 12.4. The predicted molar refractivity (Wildman–Crippen MR) is 114 cm³/mol. The van der Waals surface area contributed by atoms with E-state index in [1.54, 1.807) is 0 Å². The van der Waals surface area contributed by atoms with E-state index in [1.165, 1.54) is 32.1 Å². The first kappa shape index (κ1) is 24.7. The lowest BCUT2D eigenvalue weighted by atomic mass is 9.88. The smallest absolute Gasteiger partial charge is 0.315 e. The highest BCUT2D eigenvalue weighted by Crippen LogP contribution is 2.57. The Balaban J connectivity index is 1.70. The first-order valence-electron chi connectivity index (χ1n) is 11.6. The van der Waals surface area contributed by atoms with Crippen LogP contribution in [0.5, 0.6) is 0 Å². The first-order valence-corrected chi connectivity index (χ1v) is 11.6. The van der Waals surface area contributed by atoms with Gasteiger partial charge in [-0.3, -0.25) is 14.4 Å². The molecule has 1 unspecified atom stereocenters. The standard InChI is InChI=1S/C24H38O6/c1-2-3-4-5-6-7-8-9-11-18-13-14-21(26)20(18)16-19(25)12-10-15-23(22(27)28)17-24(23,29)30/h9,11,18,20,29-30H,2-8,10,12-17H2,1H3,(H,27,28)/b11-9+/t18-,20+,23?/m0/s1. The van der Waals surface area contributed by atoms with Gasteiger partial charge in [-0.25, -0.2) is 0 Å². The lowest BCUT2D eigenvalue weighted by Gasteiger charge is -2.15. The molecule has 170 valence electrons. The summed E-state index contributed by atoms with van der Waals surface area (Å²) in [6, 6.07) is 0. The molecular weight excluding hydrogens is 384 g/mol. The Morgan fingerprint density at radius 3 is 2.40 bits per heavy atom. The maximum atomic E-state index is 12.4. The van der Waals surface area contributed by atoms with Gasteiger partial charge in [0.25, 0.3) is 0 Å². The molecule has 2 aliphatic rings. The van der Waals surface area contributed by atoms with Crippen molar-refractivity contribution in [2.45, 2.75) is 103 Å². The van der Waals surface area contributed by atoms with Gasteiger partial charge in [-0.1, -0.05) is 51.2 Å². The van der Waals surface area contributed by atoms with E-state index in [1.807, 2.05) is 0 Å². The Hall–Kier alpha value is -1.53. The van der Waals surface area contributed by atoms with Crippen LogP contribution in [0.3, 0.4) is 0 Å². The second-order valence-electron chi connectivity index (χ2n) is 9.24. The van der Waals surface area contributed by atoms with E-state index in [2.05, 4.69) is 19.1 Å². The number of hydrogen-bond acceptors (Lipinski definition) is 5. The van der Waals surface area contributed by atoms with Crippen LogP contribution < -0.4 is 0 Å². The van der Waals surface area contributed by atoms with Crippen molar-refractivity contribution in [3.63, 3.8) is 0 Å². The second kappa shape index (κ2) is 11.2. The number of ketones is 2. The lowest BCUT2D eigenvalue weighted by molar-refractivity contribution is -0.160. The summed E-state index contributed by atoms with van der Waals surface area (Å²) in [6.07, 6.45) is 14.6. The summed E-state index contributed by atoms with van der Waals surface area (Å²) in [6.45, 7) is 2.21. The zero-order valence-electron chi connectivity index (χ0n) is 18.3. The molecule has 6 nitrogen and oxygen atoms in total. The quantitative estimate of drug-likeness (QED) is 0.207. The van der Waals surface area contributed by atoms with Gasteiger partial charge >= 0.3 is 5.97 Å². The van der Waals surface area contributed by atoms with E-state index in [9.17, 15) is 29.7 Å². The second-order valence-corrected chi connectivity index (χ2v) is 9.24.